The molecular weight excluding hydrogens is 571 g/mol. The number of sulfonamides is 1. The van der Waals surface area contributed by atoms with E-state index in [4.69, 9.17) is 14.2 Å². The molecule has 0 spiro atoms. The number of rotatable bonds is 12. The lowest BCUT2D eigenvalue weighted by Crippen LogP contribution is -2.27. The number of methoxy groups -OCH3 is 2. The number of nitrogens with zero attached hydrogens (tertiary/aromatic N) is 2. The van der Waals surface area contributed by atoms with Gasteiger partial charge in [0.15, 0.2) is 5.69 Å². The zero-order valence-electron chi connectivity index (χ0n) is 22.8. The summed E-state index contributed by atoms with van der Waals surface area (Å²) in [6, 6.07) is 15.5. The Morgan fingerprint density at radius 3 is 2.50 bits per heavy atom. The van der Waals surface area contributed by atoms with Gasteiger partial charge in [0, 0.05) is 30.5 Å². The minimum absolute atomic E-state index is 0.0674. The zero-order chi connectivity index (χ0) is 30.4. The number of carbonyl (C=O) groups excluding carboxylic acids is 1. The third kappa shape index (κ3) is 6.74. The van der Waals surface area contributed by atoms with Crippen LogP contribution in [0, 0.1) is 12.7 Å². The van der Waals surface area contributed by atoms with Gasteiger partial charge < -0.3 is 24.6 Å². The molecule has 14 heteroatoms. The average Bonchev–Trinajstić information content (AvgIpc) is 3.29. The fraction of sp³-hybridized carbons (Fsp3) is 0.179. The number of carboxylic acid groups (broad SMARTS) is 1. The van der Waals surface area contributed by atoms with Gasteiger partial charge in [0.2, 0.25) is 15.9 Å². The fourth-order valence-electron chi connectivity index (χ4n) is 3.89. The fourth-order valence-corrected chi connectivity index (χ4v) is 5.06. The summed E-state index contributed by atoms with van der Waals surface area (Å²) in [6.07, 6.45) is 0. The molecule has 0 aliphatic carbocycles. The molecule has 0 fully saturated rings. The van der Waals surface area contributed by atoms with Crippen LogP contribution in [0.1, 0.15) is 26.4 Å². The Bertz CT molecular complexity index is 1740. The van der Waals surface area contributed by atoms with E-state index in [0.717, 1.165) is 10.7 Å². The number of nitrogens with one attached hydrogen (secondary N) is 2. The molecule has 0 saturated heterocycles. The van der Waals surface area contributed by atoms with E-state index < -0.39 is 27.7 Å². The van der Waals surface area contributed by atoms with Crippen molar-refractivity contribution in [1.29, 1.82) is 0 Å². The molecule has 42 heavy (non-hydrogen) atoms. The van der Waals surface area contributed by atoms with E-state index in [0.29, 0.717) is 5.75 Å². The number of benzene rings is 3. The summed E-state index contributed by atoms with van der Waals surface area (Å²) in [6.45, 7) is 1.44. The maximum Gasteiger partial charge on any atom is 0.356 e. The lowest BCUT2D eigenvalue weighted by molar-refractivity contribution is 0.0689. The van der Waals surface area contributed by atoms with Crippen molar-refractivity contribution in [2.75, 3.05) is 32.7 Å². The third-order valence-corrected chi connectivity index (χ3v) is 7.43. The van der Waals surface area contributed by atoms with Crippen LogP contribution in [-0.2, 0) is 14.8 Å². The molecule has 0 saturated carbocycles. The molecule has 4 rings (SSSR count). The van der Waals surface area contributed by atoms with Crippen molar-refractivity contribution in [3.63, 3.8) is 0 Å². The average molecular weight is 599 g/mol. The van der Waals surface area contributed by atoms with Crippen molar-refractivity contribution in [3.05, 3.63) is 89.4 Å². The number of hydrogen-bond donors (Lipinski definition) is 3. The van der Waals surface area contributed by atoms with E-state index in [1.165, 1.54) is 63.6 Å². The van der Waals surface area contributed by atoms with Crippen molar-refractivity contribution in [2.45, 2.75) is 11.8 Å². The molecule has 0 aliphatic rings. The van der Waals surface area contributed by atoms with Crippen LogP contribution in [0.25, 0.3) is 5.69 Å². The number of halogens is 1. The number of ether oxygens (including phenoxy) is 3. The van der Waals surface area contributed by atoms with Crippen molar-refractivity contribution < 1.29 is 41.7 Å². The number of anilines is 1. The topological polar surface area (TPSA) is 158 Å². The first kappa shape index (κ1) is 30.2. The third-order valence-electron chi connectivity index (χ3n) is 5.95. The van der Waals surface area contributed by atoms with Gasteiger partial charge in [0.05, 0.1) is 19.4 Å². The Hall–Kier alpha value is -4.79. The van der Waals surface area contributed by atoms with E-state index in [9.17, 15) is 27.5 Å². The van der Waals surface area contributed by atoms with Gasteiger partial charge in [-0.05, 0) is 61.5 Å². The van der Waals surface area contributed by atoms with Crippen molar-refractivity contribution >= 4 is 27.6 Å². The van der Waals surface area contributed by atoms with E-state index in [-0.39, 0.29) is 57.9 Å². The van der Waals surface area contributed by atoms with Gasteiger partial charge in [-0.15, -0.1) is 0 Å². The Morgan fingerprint density at radius 1 is 1.05 bits per heavy atom. The van der Waals surface area contributed by atoms with Crippen LogP contribution < -0.4 is 19.5 Å². The molecule has 1 amide bonds. The summed E-state index contributed by atoms with van der Waals surface area (Å²) in [5.41, 5.74) is 0.235. The molecule has 0 atom stereocenters. The maximum atomic E-state index is 14.0. The van der Waals surface area contributed by atoms with Gasteiger partial charge >= 0.3 is 5.97 Å². The predicted molar refractivity (Wildman–Crippen MR) is 150 cm³/mol. The quantitative estimate of drug-likeness (QED) is 0.205. The van der Waals surface area contributed by atoms with Gasteiger partial charge in [-0.3, -0.25) is 4.79 Å². The first-order valence-corrected chi connectivity index (χ1v) is 13.9. The van der Waals surface area contributed by atoms with Gasteiger partial charge in [-0.25, -0.2) is 22.3 Å². The SMILES string of the molecule is COCCNS(=O)(=O)c1cc(NC(=O)c2cccc(OC)c2)ccc1Oc1c(C)c(C(=O)O)nn1-c1cccc(F)c1. The molecule has 3 N–H and O–H groups in total. The highest BCUT2D eigenvalue weighted by molar-refractivity contribution is 7.89. The summed E-state index contributed by atoms with van der Waals surface area (Å²) < 4.78 is 60.3. The summed E-state index contributed by atoms with van der Waals surface area (Å²) in [5, 5.41) is 16.4. The molecule has 3 aromatic carbocycles. The highest BCUT2D eigenvalue weighted by atomic mass is 32.2. The van der Waals surface area contributed by atoms with Crippen LogP contribution in [0.2, 0.25) is 0 Å². The Morgan fingerprint density at radius 2 is 1.81 bits per heavy atom. The van der Waals surface area contributed by atoms with Crippen molar-refractivity contribution in [3.8, 4) is 23.1 Å². The lowest BCUT2D eigenvalue weighted by atomic mass is 10.2. The van der Waals surface area contributed by atoms with Gasteiger partial charge in [-0.1, -0.05) is 12.1 Å². The van der Waals surface area contributed by atoms with Gasteiger partial charge in [0.1, 0.15) is 22.2 Å². The molecule has 12 nitrogen and oxygen atoms in total. The predicted octanol–water partition coefficient (Wildman–Crippen LogP) is 4.00. The normalized spacial score (nSPS) is 11.2. The molecule has 4 aromatic rings. The molecular formula is C28H27FN4O8S. The molecule has 0 aliphatic heterocycles. The summed E-state index contributed by atoms with van der Waals surface area (Å²) in [5.74, 6) is -2.40. The highest BCUT2D eigenvalue weighted by Crippen LogP contribution is 2.35. The molecule has 0 radical (unpaired) electrons. The van der Waals surface area contributed by atoms with Crippen molar-refractivity contribution in [2.24, 2.45) is 0 Å². The monoisotopic (exact) mass is 598 g/mol. The minimum Gasteiger partial charge on any atom is -0.497 e. The van der Waals surface area contributed by atoms with E-state index >= 15 is 0 Å². The highest BCUT2D eigenvalue weighted by Gasteiger charge is 2.26. The lowest BCUT2D eigenvalue weighted by Gasteiger charge is -2.16. The molecule has 0 bridgehead atoms. The molecule has 1 aromatic heterocycles. The number of aromatic carboxylic acids is 1. The Kier molecular flexibility index (Phi) is 9.20. The smallest absolute Gasteiger partial charge is 0.356 e. The summed E-state index contributed by atoms with van der Waals surface area (Å²) >= 11 is 0. The van der Waals surface area contributed by atoms with Crippen LogP contribution in [0.5, 0.6) is 17.4 Å². The second-order valence-electron chi connectivity index (χ2n) is 8.82. The van der Waals surface area contributed by atoms with Gasteiger partial charge in [0.25, 0.3) is 5.91 Å². The van der Waals surface area contributed by atoms with Crippen LogP contribution in [0.15, 0.2) is 71.6 Å². The molecule has 1 heterocycles. The second kappa shape index (κ2) is 12.8. The van der Waals surface area contributed by atoms with Gasteiger partial charge in [-0.2, -0.15) is 9.78 Å². The van der Waals surface area contributed by atoms with Crippen molar-refractivity contribution in [1.82, 2.24) is 14.5 Å². The second-order valence-corrected chi connectivity index (χ2v) is 10.6. The summed E-state index contributed by atoms with van der Waals surface area (Å²) in [4.78, 5) is 24.4. The van der Waals surface area contributed by atoms with E-state index in [1.807, 2.05) is 0 Å². The number of carboxylic acids is 1. The Balaban J connectivity index is 1.78. The van der Waals surface area contributed by atoms with Crippen LogP contribution in [-0.4, -0.2) is 62.6 Å². The Labute approximate surface area is 240 Å². The zero-order valence-corrected chi connectivity index (χ0v) is 23.6. The molecule has 220 valence electrons. The first-order valence-electron chi connectivity index (χ1n) is 12.4. The molecule has 0 unspecified atom stereocenters. The number of carbonyl (C=O) groups is 2. The van der Waals surface area contributed by atoms with Crippen LogP contribution in [0.3, 0.4) is 0 Å². The summed E-state index contributed by atoms with van der Waals surface area (Å²) in [7, 11) is -1.38. The number of amides is 1. The van der Waals surface area contributed by atoms with E-state index in [1.54, 1.807) is 18.2 Å². The largest absolute Gasteiger partial charge is 0.497 e. The number of hydrogen-bond acceptors (Lipinski definition) is 8. The van der Waals surface area contributed by atoms with Crippen LogP contribution >= 0.6 is 0 Å². The minimum atomic E-state index is -4.26. The standard InChI is InChI=1S/C28H27FN4O8S/c1-17-25(28(35)36)32-33(21-8-5-7-19(29)15-21)27(17)41-23-11-10-20(16-24(23)42(37,38)30-12-13-39-2)31-26(34)18-6-4-9-22(14-18)40-3/h4-11,14-16,30H,12-13H2,1-3H3,(H,31,34)(H,35,36). The first-order chi connectivity index (χ1) is 20.0. The number of aromatic nitrogens is 2. The maximum absolute atomic E-state index is 14.0. The van der Waals surface area contributed by atoms with Crippen LogP contribution in [0.4, 0.5) is 10.1 Å². The van der Waals surface area contributed by atoms with E-state index in [2.05, 4.69) is 15.1 Å².